The van der Waals surface area contributed by atoms with Crippen molar-refractivity contribution in [1.29, 1.82) is 0 Å². The van der Waals surface area contributed by atoms with Gasteiger partial charge in [-0.25, -0.2) is 0 Å². The monoisotopic (exact) mass is 294 g/mol. The lowest BCUT2D eigenvalue weighted by molar-refractivity contribution is -0.116. The number of rotatable bonds is 4. The Morgan fingerprint density at radius 3 is 2.63 bits per heavy atom. The average Bonchev–Trinajstić information content (AvgIpc) is 2.89. The summed E-state index contributed by atoms with van der Waals surface area (Å²) in [6.07, 6.45) is 6.66. The highest BCUT2D eigenvalue weighted by molar-refractivity contribution is 6.37. The van der Waals surface area contributed by atoms with Crippen LogP contribution in [0.3, 0.4) is 0 Å². The van der Waals surface area contributed by atoms with Crippen molar-refractivity contribution in [1.82, 2.24) is 10.3 Å². The molecule has 2 aromatic rings. The first kappa shape index (κ1) is 13.7. The molecule has 0 atom stereocenters. The molecule has 1 heterocycles. The number of aromatic amines is 1. The summed E-state index contributed by atoms with van der Waals surface area (Å²) in [6, 6.07) is 7.11. The third-order valence-corrected chi connectivity index (χ3v) is 3.19. The van der Waals surface area contributed by atoms with Gasteiger partial charge in [-0.1, -0.05) is 29.3 Å². The van der Waals surface area contributed by atoms with E-state index in [9.17, 15) is 4.79 Å². The van der Waals surface area contributed by atoms with Crippen molar-refractivity contribution in [2.24, 2.45) is 0 Å². The minimum Gasteiger partial charge on any atom is -0.367 e. The summed E-state index contributed by atoms with van der Waals surface area (Å²) < 4.78 is 0. The van der Waals surface area contributed by atoms with Crippen molar-refractivity contribution in [2.45, 2.75) is 6.54 Å². The van der Waals surface area contributed by atoms with Crippen molar-refractivity contribution in [3.05, 3.63) is 63.9 Å². The molecule has 0 radical (unpaired) electrons. The lowest BCUT2D eigenvalue weighted by Gasteiger charge is -2.02. The van der Waals surface area contributed by atoms with Crippen molar-refractivity contribution in [3.63, 3.8) is 0 Å². The van der Waals surface area contributed by atoms with Crippen molar-refractivity contribution < 1.29 is 4.79 Å². The predicted molar refractivity (Wildman–Crippen MR) is 78.1 cm³/mol. The van der Waals surface area contributed by atoms with Gasteiger partial charge in [0.15, 0.2) is 0 Å². The van der Waals surface area contributed by atoms with Crippen LogP contribution in [0.1, 0.15) is 11.1 Å². The van der Waals surface area contributed by atoms with Gasteiger partial charge in [-0.15, -0.1) is 0 Å². The molecule has 1 aromatic heterocycles. The maximum Gasteiger partial charge on any atom is 0.244 e. The maximum absolute atomic E-state index is 11.6. The van der Waals surface area contributed by atoms with Gasteiger partial charge in [-0.3, -0.25) is 4.79 Å². The Balaban J connectivity index is 1.96. The van der Waals surface area contributed by atoms with Gasteiger partial charge in [0, 0.05) is 40.6 Å². The van der Waals surface area contributed by atoms with Gasteiger partial charge in [0.05, 0.1) is 0 Å². The molecule has 0 aliphatic heterocycles. The Morgan fingerprint density at radius 2 is 2.00 bits per heavy atom. The SMILES string of the molecule is O=C(/C=C/c1c(Cl)cccc1Cl)NCc1cc[nH]c1. The van der Waals surface area contributed by atoms with Gasteiger partial charge in [0.1, 0.15) is 0 Å². The highest BCUT2D eigenvalue weighted by Gasteiger charge is 2.02. The van der Waals surface area contributed by atoms with Crippen LogP contribution in [0.25, 0.3) is 6.08 Å². The molecule has 0 bridgehead atoms. The zero-order valence-electron chi connectivity index (χ0n) is 9.99. The largest absolute Gasteiger partial charge is 0.367 e. The van der Waals surface area contributed by atoms with E-state index in [-0.39, 0.29) is 5.91 Å². The molecule has 2 rings (SSSR count). The summed E-state index contributed by atoms with van der Waals surface area (Å²) in [7, 11) is 0. The molecular formula is C14H12Cl2N2O. The first-order chi connectivity index (χ1) is 9.16. The second kappa shape index (κ2) is 6.45. The minimum absolute atomic E-state index is 0.197. The quantitative estimate of drug-likeness (QED) is 0.831. The Morgan fingerprint density at radius 1 is 1.26 bits per heavy atom. The number of aromatic nitrogens is 1. The molecule has 1 aromatic carbocycles. The second-order valence-corrected chi connectivity index (χ2v) is 4.72. The number of H-pyrrole nitrogens is 1. The molecule has 2 N–H and O–H groups in total. The van der Waals surface area contributed by atoms with E-state index in [2.05, 4.69) is 10.3 Å². The maximum atomic E-state index is 11.6. The molecule has 0 saturated heterocycles. The van der Waals surface area contributed by atoms with E-state index < -0.39 is 0 Å². The fourth-order valence-electron chi connectivity index (χ4n) is 1.55. The smallest absolute Gasteiger partial charge is 0.244 e. The topological polar surface area (TPSA) is 44.9 Å². The standard InChI is InChI=1S/C14H12Cl2N2O/c15-12-2-1-3-13(16)11(12)4-5-14(19)18-9-10-6-7-17-8-10/h1-8,17H,9H2,(H,18,19)/b5-4+. The number of hydrogen-bond acceptors (Lipinski definition) is 1. The van der Waals surface area contributed by atoms with Crippen LogP contribution >= 0.6 is 23.2 Å². The van der Waals surface area contributed by atoms with Crippen molar-refractivity contribution >= 4 is 35.2 Å². The predicted octanol–water partition coefficient (Wildman–Crippen LogP) is 3.65. The minimum atomic E-state index is -0.197. The molecule has 1 amide bonds. The number of carbonyl (C=O) groups is 1. The summed E-state index contributed by atoms with van der Waals surface area (Å²) in [5, 5.41) is 3.79. The summed E-state index contributed by atoms with van der Waals surface area (Å²) in [5.74, 6) is -0.197. The van der Waals surface area contributed by atoms with Crippen LogP contribution in [0, 0.1) is 0 Å². The molecule has 0 spiro atoms. The number of benzene rings is 1. The fourth-order valence-corrected chi connectivity index (χ4v) is 2.07. The highest BCUT2D eigenvalue weighted by Crippen LogP contribution is 2.25. The van der Waals surface area contributed by atoms with Crippen molar-refractivity contribution in [3.8, 4) is 0 Å². The Kier molecular flexibility index (Phi) is 4.66. The van der Waals surface area contributed by atoms with E-state index in [1.165, 1.54) is 6.08 Å². The van der Waals surface area contributed by atoms with Crippen LogP contribution in [-0.4, -0.2) is 10.9 Å². The average molecular weight is 295 g/mol. The number of nitrogens with one attached hydrogen (secondary N) is 2. The van der Waals surface area contributed by atoms with Gasteiger partial charge in [-0.05, 0) is 29.8 Å². The normalized spacial score (nSPS) is 10.8. The molecule has 19 heavy (non-hydrogen) atoms. The van der Waals surface area contributed by atoms with Gasteiger partial charge >= 0.3 is 0 Å². The highest BCUT2D eigenvalue weighted by atomic mass is 35.5. The summed E-state index contributed by atoms with van der Waals surface area (Å²) in [6.45, 7) is 0.475. The van der Waals surface area contributed by atoms with E-state index in [1.54, 1.807) is 30.5 Å². The van der Waals surface area contributed by atoms with Crippen LogP contribution < -0.4 is 5.32 Å². The molecule has 0 aliphatic rings. The molecular weight excluding hydrogens is 283 g/mol. The van der Waals surface area contributed by atoms with E-state index in [4.69, 9.17) is 23.2 Å². The van der Waals surface area contributed by atoms with E-state index in [0.29, 0.717) is 22.2 Å². The third kappa shape index (κ3) is 3.88. The van der Waals surface area contributed by atoms with E-state index in [1.807, 2.05) is 12.3 Å². The zero-order chi connectivity index (χ0) is 13.7. The molecule has 3 nitrogen and oxygen atoms in total. The van der Waals surface area contributed by atoms with Gasteiger partial charge < -0.3 is 10.3 Å². The van der Waals surface area contributed by atoms with Crippen LogP contribution in [-0.2, 0) is 11.3 Å². The third-order valence-electron chi connectivity index (χ3n) is 2.53. The van der Waals surface area contributed by atoms with Crippen LogP contribution in [0.4, 0.5) is 0 Å². The van der Waals surface area contributed by atoms with Crippen LogP contribution in [0.15, 0.2) is 42.7 Å². The molecule has 98 valence electrons. The van der Waals surface area contributed by atoms with Gasteiger partial charge in [0.2, 0.25) is 5.91 Å². The first-order valence-corrected chi connectivity index (χ1v) is 6.44. The summed E-state index contributed by atoms with van der Waals surface area (Å²) >= 11 is 12.0. The van der Waals surface area contributed by atoms with E-state index in [0.717, 1.165) is 5.56 Å². The number of amides is 1. The van der Waals surface area contributed by atoms with Crippen LogP contribution in [0.2, 0.25) is 10.0 Å². The Bertz CT molecular complexity index is 571. The van der Waals surface area contributed by atoms with E-state index >= 15 is 0 Å². The van der Waals surface area contributed by atoms with Crippen LogP contribution in [0.5, 0.6) is 0 Å². The molecule has 0 saturated carbocycles. The summed E-state index contributed by atoms with van der Waals surface area (Å²) in [4.78, 5) is 14.6. The summed E-state index contributed by atoms with van der Waals surface area (Å²) in [5.41, 5.74) is 1.65. The van der Waals surface area contributed by atoms with Gasteiger partial charge in [-0.2, -0.15) is 0 Å². The molecule has 0 unspecified atom stereocenters. The fraction of sp³-hybridized carbons (Fsp3) is 0.0714. The number of halogens is 2. The molecule has 0 fully saturated rings. The van der Waals surface area contributed by atoms with Crippen molar-refractivity contribution in [2.75, 3.05) is 0 Å². The molecule has 5 heteroatoms. The number of hydrogen-bond donors (Lipinski definition) is 2. The lowest BCUT2D eigenvalue weighted by atomic mass is 10.2. The zero-order valence-corrected chi connectivity index (χ0v) is 11.5. The second-order valence-electron chi connectivity index (χ2n) is 3.91. The lowest BCUT2D eigenvalue weighted by Crippen LogP contribution is -2.19. The first-order valence-electron chi connectivity index (χ1n) is 5.68. The Hall–Kier alpha value is -1.71. The number of carbonyl (C=O) groups excluding carboxylic acids is 1. The molecule has 0 aliphatic carbocycles. The van der Waals surface area contributed by atoms with Gasteiger partial charge in [0.25, 0.3) is 0 Å². The Labute approximate surface area is 121 Å².